The maximum atomic E-state index is 15.0. The van der Waals surface area contributed by atoms with Crippen molar-refractivity contribution in [3.8, 4) is 16.9 Å². The number of pyridine rings is 1. The van der Waals surface area contributed by atoms with Crippen LogP contribution in [0.3, 0.4) is 0 Å². The van der Waals surface area contributed by atoms with Crippen LogP contribution in [0.1, 0.15) is 55.1 Å². The summed E-state index contributed by atoms with van der Waals surface area (Å²) in [5.74, 6) is 0.360. The lowest BCUT2D eigenvalue weighted by molar-refractivity contribution is 0.0687. The molecule has 0 amide bonds. The Morgan fingerprint density at radius 2 is 1.91 bits per heavy atom. The molecule has 5 rings (SSSR count). The van der Waals surface area contributed by atoms with Gasteiger partial charge in [0.25, 0.3) is 0 Å². The van der Waals surface area contributed by atoms with Crippen LogP contribution in [-0.4, -0.2) is 36.7 Å². The van der Waals surface area contributed by atoms with Crippen molar-refractivity contribution < 1.29 is 19.3 Å². The van der Waals surface area contributed by atoms with Crippen LogP contribution >= 0.6 is 0 Å². The molecule has 0 bridgehead atoms. The number of para-hydroxylation sites is 1. The monoisotopic (exact) mass is 434 g/mol. The summed E-state index contributed by atoms with van der Waals surface area (Å²) >= 11 is 0. The molecule has 32 heavy (non-hydrogen) atoms. The first-order chi connectivity index (χ1) is 15.3. The van der Waals surface area contributed by atoms with E-state index in [1.54, 1.807) is 27.2 Å². The lowest BCUT2D eigenvalue weighted by Crippen LogP contribution is -2.19. The predicted octanol–water partition coefficient (Wildman–Crippen LogP) is 3.74. The number of halogens is 1. The fourth-order valence-electron chi connectivity index (χ4n) is 4.36. The summed E-state index contributed by atoms with van der Waals surface area (Å²) in [6.45, 7) is 3.18. The summed E-state index contributed by atoms with van der Waals surface area (Å²) in [5.41, 5.74) is 2.32. The van der Waals surface area contributed by atoms with E-state index in [4.69, 9.17) is 4.74 Å². The molecule has 2 unspecified atom stereocenters. The second-order valence-corrected chi connectivity index (χ2v) is 8.55. The molecule has 0 saturated heterocycles. The Kier molecular flexibility index (Phi) is 4.72. The zero-order valence-corrected chi connectivity index (χ0v) is 18.0. The highest BCUT2D eigenvalue weighted by molar-refractivity contribution is 5.65. The number of rotatable bonds is 4. The van der Waals surface area contributed by atoms with E-state index in [0.717, 1.165) is 17.0 Å². The number of nitrogens with zero attached hydrogens (tertiary/aromatic N) is 4. The fourth-order valence-corrected chi connectivity index (χ4v) is 4.36. The van der Waals surface area contributed by atoms with Crippen LogP contribution in [0.2, 0.25) is 0 Å². The Bertz CT molecular complexity index is 1310. The lowest BCUT2D eigenvalue weighted by atomic mass is 9.95. The van der Waals surface area contributed by atoms with Gasteiger partial charge in [0.2, 0.25) is 0 Å². The number of fused-ring (bicyclic) bond motifs is 3. The zero-order chi connectivity index (χ0) is 22.6. The lowest BCUT2D eigenvalue weighted by Gasteiger charge is -2.17. The van der Waals surface area contributed by atoms with Crippen LogP contribution in [0.5, 0.6) is 5.75 Å². The molecule has 1 aliphatic rings. The van der Waals surface area contributed by atoms with Gasteiger partial charge in [0.05, 0.1) is 24.6 Å². The van der Waals surface area contributed by atoms with E-state index in [1.807, 2.05) is 28.7 Å². The highest BCUT2D eigenvalue weighted by atomic mass is 19.1. The van der Waals surface area contributed by atoms with Crippen LogP contribution in [0.25, 0.3) is 16.8 Å². The minimum absolute atomic E-state index is 0.154. The van der Waals surface area contributed by atoms with Crippen molar-refractivity contribution in [1.29, 1.82) is 0 Å². The van der Waals surface area contributed by atoms with E-state index >= 15 is 0 Å². The number of ether oxygens (including phenoxy) is 1. The predicted molar refractivity (Wildman–Crippen MR) is 116 cm³/mol. The summed E-state index contributed by atoms with van der Waals surface area (Å²) in [6.07, 6.45) is 4.37. The molecule has 3 heterocycles. The third kappa shape index (κ3) is 3.23. The number of imidazole rings is 1. The number of aromatic nitrogens is 4. The van der Waals surface area contributed by atoms with Gasteiger partial charge < -0.3 is 19.4 Å². The third-order valence-electron chi connectivity index (χ3n) is 5.90. The van der Waals surface area contributed by atoms with E-state index in [0.29, 0.717) is 28.9 Å². The molecule has 0 aliphatic heterocycles. The van der Waals surface area contributed by atoms with Crippen LogP contribution in [0.4, 0.5) is 4.39 Å². The molecule has 7 nitrogen and oxygen atoms in total. The van der Waals surface area contributed by atoms with Gasteiger partial charge in [-0.25, -0.2) is 19.3 Å². The third-order valence-corrected chi connectivity index (χ3v) is 5.90. The van der Waals surface area contributed by atoms with Gasteiger partial charge in [0, 0.05) is 47.3 Å². The Morgan fingerprint density at radius 3 is 2.59 bits per heavy atom. The molecule has 8 heteroatoms. The van der Waals surface area contributed by atoms with Crippen molar-refractivity contribution in [1.82, 2.24) is 19.4 Å². The van der Waals surface area contributed by atoms with Crippen molar-refractivity contribution in [2.45, 2.75) is 37.9 Å². The second-order valence-electron chi connectivity index (χ2n) is 8.55. The molecule has 1 aliphatic carbocycles. The summed E-state index contributed by atoms with van der Waals surface area (Å²) in [6, 6.07) is 9.03. The topological polar surface area (TPSA) is 92.8 Å². The Balaban J connectivity index is 1.66. The van der Waals surface area contributed by atoms with Crippen LogP contribution in [0, 0.1) is 5.82 Å². The summed E-state index contributed by atoms with van der Waals surface area (Å²) < 4.78 is 22.4. The molecule has 164 valence electrons. The van der Waals surface area contributed by atoms with Crippen molar-refractivity contribution in [3.63, 3.8) is 0 Å². The van der Waals surface area contributed by atoms with Gasteiger partial charge in [-0.05, 0) is 26.3 Å². The molecule has 0 fully saturated rings. The SMILES string of the molecule is COc1ccccc1C1CC(O)c2nc3cc(F)c(-c4cnc(C(C)(C)O)nc4)cn3c21. The van der Waals surface area contributed by atoms with Crippen molar-refractivity contribution in [3.05, 3.63) is 77.5 Å². The normalized spacial score (nSPS) is 18.2. The van der Waals surface area contributed by atoms with Gasteiger partial charge in [-0.3, -0.25) is 0 Å². The number of hydrogen-bond donors (Lipinski definition) is 2. The van der Waals surface area contributed by atoms with E-state index in [9.17, 15) is 14.6 Å². The minimum Gasteiger partial charge on any atom is -0.496 e. The molecule has 0 saturated carbocycles. The van der Waals surface area contributed by atoms with Gasteiger partial charge in [-0.15, -0.1) is 0 Å². The molecule has 0 spiro atoms. The van der Waals surface area contributed by atoms with Crippen LogP contribution in [0.15, 0.2) is 48.9 Å². The average molecular weight is 434 g/mol. The Morgan fingerprint density at radius 1 is 1.19 bits per heavy atom. The largest absolute Gasteiger partial charge is 0.496 e. The van der Waals surface area contributed by atoms with E-state index in [-0.39, 0.29) is 11.7 Å². The number of aliphatic hydroxyl groups excluding tert-OH is 1. The Hall–Kier alpha value is -3.36. The van der Waals surface area contributed by atoms with Crippen molar-refractivity contribution in [2.75, 3.05) is 7.11 Å². The second kappa shape index (κ2) is 7.36. The van der Waals surface area contributed by atoms with Crippen molar-refractivity contribution in [2.24, 2.45) is 0 Å². The van der Waals surface area contributed by atoms with Gasteiger partial charge >= 0.3 is 0 Å². The maximum Gasteiger partial charge on any atom is 0.159 e. The van der Waals surface area contributed by atoms with Gasteiger partial charge in [0.15, 0.2) is 5.82 Å². The molecule has 1 aromatic carbocycles. The first-order valence-corrected chi connectivity index (χ1v) is 10.4. The highest BCUT2D eigenvalue weighted by Crippen LogP contribution is 2.46. The van der Waals surface area contributed by atoms with Gasteiger partial charge in [0.1, 0.15) is 22.8 Å². The number of hydrogen-bond acceptors (Lipinski definition) is 6. The molecule has 2 atom stereocenters. The molecular weight excluding hydrogens is 411 g/mol. The van der Waals surface area contributed by atoms with Gasteiger partial charge in [-0.2, -0.15) is 0 Å². The van der Waals surface area contributed by atoms with E-state index in [2.05, 4.69) is 15.0 Å². The highest BCUT2D eigenvalue weighted by Gasteiger charge is 2.37. The number of benzene rings is 1. The van der Waals surface area contributed by atoms with Crippen molar-refractivity contribution >= 4 is 5.65 Å². The molecule has 3 aromatic heterocycles. The number of methoxy groups -OCH3 is 1. The van der Waals surface area contributed by atoms with E-state index < -0.39 is 17.5 Å². The Labute approximate surface area is 184 Å². The molecular formula is C24H23FN4O3. The first-order valence-electron chi connectivity index (χ1n) is 10.4. The average Bonchev–Trinajstić information content (AvgIpc) is 3.29. The van der Waals surface area contributed by atoms with Gasteiger partial charge in [-0.1, -0.05) is 18.2 Å². The molecule has 0 radical (unpaired) electrons. The molecule has 4 aromatic rings. The first kappa shape index (κ1) is 20.5. The summed E-state index contributed by atoms with van der Waals surface area (Å²) in [7, 11) is 1.62. The smallest absolute Gasteiger partial charge is 0.159 e. The maximum absolute atomic E-state index is 15.0. The fraction of sp³-hybridized carbons (Fsp3) is 0.292. The summed E-state index contributed by atoms with van der Waals surface area (Å²) in [4.78, 5) is 12.9. The number of aliphatic hydroxyl groups is 2. The zero-order valence-electron chi connectivity index (χ0n) is 18.0. The van der Waals surface area contributed by atoms with E-state index in [1.165, 1.54) is 18.5 Å². The minimum atomic E-state index is -1.19. The molecule has 2 N–H and O–H groups in total. The summed E-state index contributed by atoms with van der Waals surface area (Å²) in [5, 5.41) is 20.8. The van der Waals surface area contributed by atoms with Crippen LogP contribution in [-0.2, 0) is 5.60 Å². The van der Waals surface area contributed by atoms with Crippen LogP contribution < -0.4 is 4.74 Å². The standard InChI is InChI=1S/C24H23FN4O3/c1-24(2,31)23-26-10-13(11-27-23)16-12-29-20(9-17(16)25)28-21-18(30)8-15(22(21)29)14-6-4-5-7-19(14)32-3/h4-7,9-12,15,18,30-31H,8H2,1-3H3. The quantitative estimate of drug-likeness (QED) is 0.508.